The van der Waals surface area contributed by atoms with Gasteiger partial charge in [0, 0.05) is 23.0 Å². The van der Waals surface area contributed by atoms with Gasteiger partial charge in [-0.15, -0.1) is 11.3 Å². The highest BCUT2D eigenvalue weighted by molar-refractivity contribution is 7.91. The minimum atomic E-state index is -3.48. The maximum Gasteiger partial charge on any atom is 0.250 e. The lowest BCUT2D eigenvalue weighted by molar-refractivity contribution is 0.583. The summed E-state index contributed by atoms with van der Waals surface area (Å²) in [6.07, 6.45) is 0. The second kappa shape index (κ2) is 7.38. The van der Waals surface area contributed by atoms with Crippen molar-refractivity contribution in [3.8, 4) is 0 Å². The van der Waals surface area contributed by atoms with E-state index in [0.717, 1.165) is 17.0 Å². The Morgan fingerprint density at radius 3 is 2.71 bits per heavy atom. The normalized spacial score (nSPS) is 11.7. The van der Waals surface area contributed by atoms with Crippen molar-refractivity contribution in [3.05, 3.63) is 51.9 Å². The zero-order valence-electron chi connectivity index (χ0n) is 11.6. The fourth-order valence-electron chi connectivity index (χ4n) is 1.74. The number of benzene rings is 1. The van der Waals surface area contributed by atoms with E-state index in [0.29, 0.717) is 15.8 Å². The number of hydrogen-bond acceptors (Lipinski definition) is 4. The first-order chi connectivity index (χ1) is 10.0. The van der Waals surface area contributed by atoms with E-state index in [1.54, 1.807) is 24.3 Å². The molecule has 0 spiro atoms. The van der Waals surface area contributed by atoms with Crippen molar-refractivity contribution in [2.24, 2.45) is 0 Å². The molecule has 21 heavy (non-hydrogen) atoms. The van der Waals surface area contributed by atoms with Gasteiger partial charge in [-0.25, -0.2) is 13.1 Å². The molecule has 0 unspecified atom stereocenters. The summed E-state index contributed by atoms with van der Waals surface area (Å²) in [7, 11) is -3.48. The average molecular weight is 345 g/mol. The molecular weight excluding hydrogens is 328 g/mol. The van der Waals surface area contributed by atoms with Gasteiger partial charge in [0.2, 0.25) is 10.0 Å². The number of rotatable bonds is 7. The molecule has 0 aliphatic rings. The first-order valence-electron chi connectivity index (χ1n) is 6.55. The zero-order chi connectivity index (χ0) is 15.3. The van der Waals surface area contributed by atoms with Crippen LogP contribution in [0.1, 0.15) is 17.4 Å². The third-order valence-electron chi connectivity index (χ3n) is 2.81. The lowest BCUT2D eigenvalue weighted by Crippen LogP contribution is -2.22. The first kappa shape index (κ1) is 16.5. The molecule has 114 valence electrons. The molecule has 0 atom stereocenters. The van der Waals surface area contributed by atoms with Crippen molar-refractivity contribution >= 4 is 33.0 Å². The van der Waals surface area contributed by atoms with E-state index in [2.05, 4.69) is 10.0 Å². The summed E-state index contributed by atoms with van der Waals surface area (Å²) in [5.74, 6) is 0. The van der Waals surface area contributed by atoms with Crippen LogP contribution >= 0.6 is 22.9 Å². The first-order valence-corrected chi connectivity index (χ1v) is 9.22. The van der Waals surface area contributed by atoms with Crippen LogP contribution < -0.4 is 10.0 Å². The molecule has 0 bridgehead atoms. The SMILES string of the molecule is CCNCc1ccc(S(=O)(=O)NCc2cccc(Cl)c2)s1. The molecule has 1 heterocycles. The quantitative estimate of drug-likeness (QED) is 0.811. The molecule has 0 aliphatic heterocycles. The van der Waals surface area contributed by atoms with Gasteiger partial charge < -0.3 is 5.32 Å². The average Bonchev–Trinajstić information content (AvgIpc) is 2.93. The molecular formula is C14H17ClN2O2S2. The summed E-state index contributed by atoms with van der Waals surface area (Å²) < 4.78 is 27.4. The predicted molar refractivity (Wildman–Crippen MR) is 87.2 cm³/mol. The van der Waals surface area contributed by atoms with Gasteiger partial charge in [-0.2, -0.15) is 0 Å². The molecule has 7 heteroatoms. The molecule has 0 radical (unpaired) electrons. The van der Waals surface area contributed by atoms with Gasteiger partial charge in [0.05, 0.1) is 0 Å². The summed E-state index contributed by atoms with van der Waals surface area (Å²) in [5.41, 5.74) is 0.829. The van der Waals surface area contributed by atoms with Crippen LogP contribution in [0, 0.1) is 0 Å². The monoisotopic (exact) mass is 344 g/mol. The molecule has 2 N–H and O–H groups in total. The van der Waals surface area contributed by atoms with Crippen molar-refractivity contribution < 1.29 is 8.42 Å². The van der Waals surface area contributed by atoms with Crippen LogP contribution in [0.25, 0.3) is 0 Å². The van der Waals surface area contributed by atoms with Crippen LogP contribution in [0.5, 0.6) is 0 Å². The van der Waals surface area contributed by atoms with Crippen LogP contribution in [-0.2, 0) is 23.1 Å². The highest BCUT2D eigenvalue weighted by Crippen LogP contribution is 2.21. The number of thiophene rings is 1. The van der Waals surface area contributed by atoms with Crippen molar-refractivity contribution in [2.45, 2.75) is 24.2 Å². The second-order valence-electron chi connectivity index (χ2n) is 4.46. The topological polar surface area (TPSA) is 58.2 Å². The summed E-state index contributed by atoms with van der Waals surface area (Å²) in [5, 5.41) is 3.77. The Bertz CT molecular complexity index is 699. The molecule has 0 saturated carbocycles. The summed E-state index contributed by atoms with van der Waals surface area (Å²) in [6, 6.07) is 10.6. The van der Waals surface area contributed by atoms with Gasteiger partial charge in [0.15, 0.2) is 0 Å². The Morgan fingerprint density at radius 1 is 1.19 bits per heavy atom. The van der Waals surface area contributed by atoms with Crippen LogP contribution in [0.3, 0.4) is 0 Å². The van der Waals surface area contributed by atoms with Gasteiger partial charge in [-0.1, -0.05) is 30.7 Å². The number of nitrogens with one attached hydrogen (secondary N) is 2. The third kappa shape index (κ3) is 4.79. The Balaban J connectivity index is 2.02. The van der Waals surface area contributed by atoms with Gasteiger partial charge >= 0.3 is 0 Å². The molecule has 2 aromatic rings. The van der Waals surface area contributed by atoms with Crippen LogP contribution in [0.4, 0.5) is 0 Å². The van der Waals surface area contributed by atoms with Crippen LogP contribution in [-0.4, -0.2) is 15.0 Å². The van der Waals surface area contributed by atoms with Crippen molar-refractivity contribution in [1.82, 2.24) is 10.0 Å². The lowest BCUT2D eigenvalue weighted by atomic mass is 10.2. The Hall–Kier alpha value is -0.920. The molecule has 4 nitrogen and oxygen atoms in total. The van der Waals surface area contributed by atoms with E-state index < -0.39 is 10.0 Å². The number of halogens is 1. The zero-order valence-corrected chi connectivity index (χ0v) is 14.0. The highest BCUT2D eigenvalue weighted by atomic mass is 35.5. The third-order valence-corrected chi connectivity index (χ3v) is 6.02. The maximum atomic E-state index is 12.2. The van der Waals surface area contributed by atoms with E-state index in [1.165, 1.54) is 11.3 Å². The Kier molecular flexibility index (Phi) is 5.78. The molecule has 0 saturated heterocycles. The fraction of sp³-hybridized carbons (Fsp3) is 0.286. The van der Waals surface area contributed by atoms with Gasteiger partial charge in [-0.05, 0) is 36.4 Å². The minimum Gasteiger partial charge on any atom is -0.312 e. The predicted octanol–water partition coefficient (Wildman–Crippen LogP) is 2.99. The van der Waals surface area contributed by atoms with E-state index in [1.807, 2.05) is 19.1 Å². The van der Waals surface area contributed by atoms with Crippen molar-refractivity contribution in [2.75, 3.05) is 6.54 Å². The fourth-order valence-corrected chi connectivity index (χ4v) is 4.34. The van der Waals surface area contributed by atoms with Crippen molar-refractivity contribution in [3.63, 3.8) is 0 Å². The minimum absolute atomic E-state index is 0.226. The maximum absolute atomic E-state index is 12.2. The summed E-state index contributed by atoms with van der Waals surface area (Å²) in [4.78, 5) is 1.000. The lowest BCUT2D eigenvalue weighted by Gasteiger charge is -2.05. The molecule has 1 aromatic carbocycles. The van der Waals surface area contributed by atoms with Crippen molar-refractivity contribution in [1.29, 1.82) is 0 Å². The number of sulfonamides is 1. The van der Waals surface area contributed by atoms with Gasteiger partial charge in [0.25, 0.3) is 0 Å². The standard InChI is InChI=1S/C14H17ClN2O2S2/c1-2-16-10-13-6-7-14(20-13)21(18,19)17-9-11-4-3-5-12(15)8-11/h3-8,16-17H,2,9-10H2,1H3. The Labute approximate surface area is 134 Å². The Morgan fingerprint density at radius 2 is 2.00 bits per heavy atom. The van der Waals surface area contributed by atoms with E-state index in [9.17, 15) is 8.42 Å². The van der Waals surface area contributed by atoms with Crippen LogP contribution in [0.15, 0.2) is 40.6 Å². The molecule has 0 fully saturated rings. The largest absolute Gasteiger partial charge is 0.312 e. The molecule has 1 aromatic heterocycles. The summed E-state index contributed by atoms with van der Waals surface area (Å²) in [6.45, 7) is 3.78. The summed E-state index contributed by atoms with van der Waals surface area (Å²) >= 11 is 7.16. The highest BCUT2D eigenvalue weighted by Gasteiger charge is 2.16. The molecule has 0 aliphatic carbocycles. The van der Waals surface area contributed by atoms with E-state index in [-0.39, 0.29) is 6.54 Å². The smallest absolute Gasteiger partial charge is 0.250 e. The molecule has 2 rings (SSSR count). The molecule has 0 amide bonds. The van der Waals surface area contributed by atoms with E-state index >= 15 is 0 Å². The van der Waals surface area contributed by atoms with Crippen LogP contribution in [0.2, 0.25) is 5.02 Å². The number of hydrogen-bond donors (Lipinski definition) is 2. The van der Waals surface area contributed by atoms with Gasteiger partial charge in [-0.3, -0.25) is 0 Å². The second-order valence-corrected chi connectivity index (χ2v) is 8.05. The van der Waals surface area contributed by atoms with Gasteiger partial charge in [0.1, 0.15) is 4.21 Å². The van der Waals surface area contributed by atoms with E-state index in [4.69, 9.17) is 11.6 Å².